The van der Waals surface area contributed by atoms with Crippen LogP contribution in [0, 0.1) is 11.8 Å². The smallest absolute Gasteiger partial charge is 0.252 e. The van der Waals surface area contributed by atoms with Crippen LogP contribution in [-0.4, -0.2) is 36.9 Å². The summed E-state index contributed by atoms with van der Waals surface area (Å²) in [6.45, 7) is 0.226. The third-order valence-corrected chi connectivity index (χ3v) is 3.29. The molecule has 24 heavy (non-hydrogen) atoms. The van der Waals surface area contributed by atoms with Gasteiger partial charge in [0.25, 0.3) is 5.91 Å². The number of hydrazine groups is 1. The topological polar surface area (TPSA) is 123 Å². The highest BCUT2D eigenvalue weighted by molar-refractivity contribution is 5.95. The molecule has 3 amide bonds. The molecule has 1 fully saturated rings. The number of carbonyl (C=O) groups excluding carboxylic acids is 3. The molecule has 2 rings (SSSR count). The van der Waals surface area contributed by atoms with Gasteiger partial charge >= 0.3 is 0 Å². The first-order valence-corrected chi connectivity index (χ1v) is 7.37. The Bertz CT molecular complexity index is 683. The van der Waals surface area contributed by atoms with Gasteiger partial charge in [-0.3, -0.25) is 19.8 Å². The fourth-order valence-electron chi connectivity index (χ4n) is 2.05. The largest absolute Gasteiger partial charge is 0.480 e. The van der Waals surface area contributed by atoms with E-state index in [4.69, 9.17) is 10.5 Å². The number of primary amides is 1. The number of hydrogen-bond acceptors (Lipinski definition) is 5. The van der Waals surface area contributed by atoms with Crippen molar-refractivity contribution in [2.45, 2.75) is 18.9 Å². The van der Waals surface area contributed by atoms with Crippen LogP contribution in [0.1, 0.15) is 23.2 Å². The van der Waals surface area contributed by atoms with Crippen molar-refractivity contribution in [1.82, 2.24) is 16.2 Å². The Kier molecular flexibility index (Phi) is 6.16. The van der Waals surface area contributed by atoms with Crippen LogP contribution in [0.5, 0.6) is 5.75 Å². The highest BCUT2D eigenvalue weighted by atomic mass is 16.5. The zero-order valence-corrected chi connectivity index (χ0v) is 12.9. The highest BCUT2D eigenvalue weighted by Gasteiger charge is 2.23. The molecule has 8 heteroatoms. The number of rotatable bonds is 5. The molecule has 1 aromatic rings. The summed E-state index contributed by atoms with van der Waals surface area (Å²) in [5.74, 6) is 4.91. The molecule has 1 unspecified atom stereocenters. The minimum Gasteiger partial charge on any atom is -0.480 e. The lowest BCUT2D eigenvalue weighted by molar-refractivity contribution is -0.128. The van der Waals surface area contributed by atoms with E-state index in [9.17, 15) is 14.4 Å². The summed E-state index contributed by atoms with van der Waals surface area (Å²) in [7, 11) is 0. The van der Waals surface area contributed by atoms with Gasteiger partial charge < -0.3 is 15.8 Å². The van der Waals surface area contributed by atoms with Gasteiger partial charge in [-0.25, -0.2) is 5.43 Å². The van der Waals surface area contributed by atoms with Crippen LogP contribution in [0.15, 0.2) is 24.3 Å². The second-order valence-electron chi connectivity index (χ2n) is 5.00. The summed E-state index contributed by atoms with van der Waals surface area (Å²) in [4.78, 5) is 34.0. The monoisotopic (exact) mass is 330 g/mol. The number of amides is 3. The Morgan fingerprint density at radius 3 is 2.83 bits per heavy atom. The average Bonchev–Trinajstić information content (AvgIpc) is 2.58. The van der Waals surface area contributed by atoms with Gasteiger partial charge in [0.1, 0.15) is 18.4 Å². The van der Waals surface area contributed by atoms with E-state index in [1.54, 1.807) is 24.3 Å². The van der Waals surface area contributed by atoms with Gasteiger partial charge in [0.05, 0.1) is 12.1 Å². The first kappa shape index (κ1) is 17.3. The predicted molar refractivity (Wildman–Crippen MR) is 85.5 cm³/mol. The summed E-state index contributed by atoms with van der Waals surface area (Å²) in [5.41, 5.74) is 10.6. The van der Waals surface area contributed by atoms with E-state index < -0.39 is 11.9 Å². The molecule has 0 saturated carbocycles. The molecule has 1 aromatic carbocycles. The van der Waals surface area contributed by atoms with Crippen molar-refractivity contribution in [2.75, 3.05) is 13.2 Å². The fraction of sp³-hybridized carbons (Fsp3) is 0.312. The van der Waals surface area contributed by atoms with Crippen molar-refractivity contribution in [3.8, 4) is 17.6 Å². The molecule has 0 spiro atoms. The Hall–Kier alpha value is -3.05. The first-order chi connectivity index (χ1) is 11.6. The molecule has 0 aliphatic carbocycles. The average molecular weight is 330 g/mol. The van der Waals surface area contributed by atoms with Gasteiger partial charge in [-0.15, -0.1) is 0 Å². The Morgan fingerprint density at radius 2 is 2.12 bits per heavy atom. The Balaban J connectivity index is 1.72. The third kappa shape index (κ3) is 5.00. The fourth-order valence-corrected chi connectivity index (χ4v) is 2.05. The quantitative estimate of drug-likeness (QED) is 0.519. The van der Waals surface area contributed by atoms with Crippen molar-refractivity contribution < 1.29 is 19.1 Å². The number of ether oxygens (including phenoxy) is 1. The van der Waals surface area contributed by atoms with Crippen molar-refractivity contribution in [2.24, 2.45) is 5.73 Å². The van der Waals surface area contributed by atoms with E-state index in [0.717, 1.165) is 0 Å². The molecule has 1 aliphatic heterocycles. The van der Waals surface area contributed by atoms with Crippen molar-refractivity contribution in [1.29, 1.82) is 0 Å². The van der Waals surface area contributed by atoms with E-state index in [-0.39, 0.29) is 30.5 Å². The highest BCUT2D eigenvalue weighted by Crippen LogP contribution is 2.16. The number of hydrogen-bond donors (Lipinski definition) is 4. The molecule has 5 N–H and O–H groups in total. The minimum atomic E-state index is -0.571. The van der Waals surface area contributed by atoms with Crippen LogP contribution in [0.4, 0.5) is 0 Å². The van der Waals surface area contributed by atoms with Crippen molar-refractivity contribution in [3.63, 3.8) is 0 Å². The standard InChI is InChI=1S/C16H18N4O4/c17-15(22)11-5-1-2-6-13(11)24-10-4-3-9-18-16(23)12-7-8-14(21)20-19-12/h1-2,5-6,12,19H,7-10H2,(H2,17,22)(H,18,23)(H,20,21). The van der Waals surface area contributed by atoms with E-state index in [0.29, 0.717) is 18.6 Å². The lowest BCUT2D eigenvalue weighted by Crippen LogP contribution is -2.55. The molecule has 0 bridgehead atoms. The zero-order chi connectivity index (χ0) is 17.4. The summed E-state index contributed by atoms with van der Waals surface area (Å²) < 4.78 is 5.39. The van der Waals surface area contributed by atoms with E-state index in [1.165, 1.54) is 0 Å². The van der Waals surface area contributed by atoms with Gasteiger partial charge in [-0.1, -0.05) is 24.0 Å². The minimum absolute atomic E-state index is 0.0674. The molecular formula is C16H18N4O4. The van der Waals surface area contributed by atoms with Gasteiger partial charge in [0.15, 0.2) is 0 Å². The van der Waals surface area contributed by atoms with Gasteiger partial charge in [-0.2, -0.15) is 0 Å². The van der Waals surface area contributed by atoms with Crippen LogP contribution >= 0.6 is 0 Å². The lowest BCUT2D eigenvalue weighted by atomic mass is 10.1. The Labute approximate surface area is 139 Å². The summed E-state index contributed by atoms with van der Waals surface area (Å²) in [5, 5.41) is 2.64. The van der Waals surface area contributed by atoms with Crippen molar-refractivity contribution >= 4 is 17.7 Å². The number of nitrogens with one attached hydrogen (secondary N) is 3. The summed E-state index contributed by atoms with van der Waals surface area (Å²) >= 11 is 0. The Morgan fingerprint density at radius 1 is 1.33 bits per heavy atom. The number of nitrogens with two attached hydrogens (primary N) is 1. The van der Waals surface area contributed by atoms with Crippen LogP contribution in [0.2, 0.25) is 0 Å². The normalized spacial score (nSPS) is 16.3. The number of carbonyl (C=O) groups is 3. The maximum Gasteiger partial charge on any atom is 0.252 e. The van der Waals surface area contributed by atoms with E-state index in [2.05, 4.69) is 28.0 Å². The van der Waals surface area contributed by atoms with Gasteiger partial charge in [0.2, 0.25) is 11.8 Å². The maximum absolute atomic E-state index is 11.8. The predicted octanol–water partition coefficient (Wildman–Crippen LogP) is -0.933. The number of benzene rings is 1. The molecule has 1 aliphatic rings. The zero-order valence-electron chi connectivity index (χ0n) is 12.9. The van der Waals surface area contributed by atoms with E-state index in [1.807, 2.05) is 0 Å². The second kappa shape index (κ2) is 8.55. The molecule has 1 atom stereocenters. The third-order valence-electron chi connectivity index (χ3n) is 3.29. The van der Waals surface area contributed by atoms with E-state index >= 15 is 0 Å². The van der Waals surface area contributed by atoms with Crippen LogP contribution < -0.4 is 26.6 Å². The molecule has 126 valence electrons. The summed E-state index contributed by atoms with van der Waals surface area (Å²) in [6.07, 6.45) is 0.752. The maximum atomic E-state index is 11.8. The molecule has 1 saturated heterocycles. The van der Waals surface area contributed by atoms with Gasteiger partial charge in [-0.05, 0) is 18.6 Å². The molecule has 0 aromatic heterocycles. The molecule has 8 nitrogen and oxygen atoms in total. The van der Waals surface area contributed by atoms with Crippen molar-refractivity contribution in [3.05, 3.63) is 29.8 Å². The second-order valence-corrected chi connectivity index (χ2v) is 5.00. The van der Waals surface area contributed by atoms with Gasteiger partial charge in [0, 0.05) is 6.42 Å². The number of para-hydroxylation sites is 1. The van der Waals surface area contributed by atoms with Crippen LogP contribution in [0.25, 0.3) is 0 Å². The molecule has 0 radical (unpaired) electrons. The van der Waals surface area contributed by atoms with Crippen LogP contribution in [-0.2, 0) is 9.59 Å². The SMILES string of the molecule is NC(=O)c1ccccc1OCC#CCNC(=O)C1CCC(=O)NN1. The summed E-state index contributed by atoms with van der Waals surface area (Å²) in [6, 6.07) is 6.16. The van der Waals surface area contributed by atoms with Crippen LogP contribution in [0.3, 0.4) is 0 Å². The molecular weight excluding hydrogens is 312 g/mol. The first-order valence-electron chi connectivity index (χ1n) is 7.37. The molecule has 1 heterocycles. The lowest BCUT2D eigenvalue weighted by Gasteiger charge is -2.22.